The number of aromatic hydroxyl groups is 2. The Bertz CT molecular complexity index is 1470. The third-order valence-corrected chi connectivity index (χ3v) is 7.16. The van der Waals surface area contributed by atoms with Crippen LogP contribution in [0.4, 0.5) is 0 Å². The number of ether oxygens (including phenoxy) is 4. The summed E-state index contributed by atoms with van der Waals surface area (Å²) in [6, 6.07) is 7.57. The lowest BCUT2D eigenvalue weighted by molar-refractivity contribution is -0.268. The van der Waals surface area contributed by atoms with Gasteiger partial charge in [-0.2, -0.15) is 0 Å². The molecule has 222 valence electrons. The predicted octanol–water partition coefficient (Wildman–Crippen LogP) is -0.716. The van der Waals surface area contributed by atoms with Crippen molar-refractivity contribution in [2.75, 3.05) is 0 Å². The highest BCUT2D eigenvalue weighted by Crippen LogP contribution is 2.38. The van der Waals surface area contributed by atoms with Gasteiger partial charge in [-0.05, 0) is 44.2 Å². The third-order valence-electron chi connectivity index (χ3n) is 7.16. The van der Waals surface area contributed by atoms with Gasteiger partial charge in [0.2, 0.25) is 23.8 Å². The van der Waals surface area contributed by atoms with Crippen LogP contribution >= 0.6 is 0 Å². The maximum absolute atomic E-state index is 13.6. The minimum atomic E-state index is -1.74. The molecule has 0 bridgehead atoms. The highest BCUT2D eigenvalue weighted by Gasteiger charge is 2.44. The molecule has 2 aromatic carbocycles. The zero-order chi connectivity index (χ0) is 29.7. The minimum absolute atomic E-state index is 0.0213. The molecule has 2 saturated heterocycles. The average Bonchev–Trinajstić information content (AvgIpc) is 2.94. The van der Waals surface area contributed by atoms with Crippen molar-refractivity contribution in [3.8, 4) is 34.3 Å². The smallest absolute Gasteiger partial charge is 0.235 e. The van der Waals surface area contributed by atoms with Crippen LogP contribution in [0.15, 0.2) is 45.6 Å². The Balaban J connectivity index is 1.57. The number of aliphatic hydroxyl groups is 6. The summed E-state index contributed by atoms with van der Waals surface area (Å²) in [6.07, 6.45) is -14.0. The normalized spacial score (nSPS) is 34.0. The Morgan fingerprint density at radius 3 is 1.85 bits per heavy atom. The van der Waals surface area contributed by atoms with Gasteiger partial charge in [0.05, 0.1) is 17.6 Å². The number of aliphatic hydroxyl groups excluding tert-OH is 6. The van der Waals surface area contributed by atoms with Crippen LogP contribution in [0.2, 0.25) is 0 Å². The maximum atomic E-state index is 13.6. The molecule has 14 heteroatoms. The Morgan fingerprint density at radius 1 is 0.683 bits per heavy atom. The van der Waals surface area contributed by atoms with Crippen LogP contribution in [0.3, 0.4) is 0 Å². The molecule has 2 fully saturated rings. The third kappa shape index (κ3) is 5.31. The van der Waals surface area contributed by atoms with E-state index in [1.807, 2.05) is 0 Å². The number of rotatable bonds is 5. The quantitative estimate of drug-likeness (QED) is 0.175. The van der Waals surface area contributed by atoms with Gasteiger partial charge < -0.3 is 64.2 Å². The van der Waals surface area contributed by atoms with Crippen LogP contribution in [-0.2, 0) is 9.47 Å². The summed E-state index contributed by atoms with van der Waals surface area (Å²) in [5, 5.41) is 80.8. The van der Waals surface area contributed by atoms with Gasteiger partial charge in [-0.25, -0.2) is 0 Å². The van der Waals surface area contributed by atoms with Crippen LogP contribution in [0.1, 0.15) is 13.8 Å². The molecule has 5 rings (SSSR count). The van der Waals surface area contributed by atoms with E-state index >= 15 is 0 Å². The zero-order valence-electron chi connectivity index (χ0n) is 21.8. The van der Waals surface area contributed by atoms with Gasteiger partial charge in [0, 0.05) is 11.6 Å². The van der Waals surface area contributed by atoms with Gasteiger partial charge in [-0.15, -0.1) is 0 Å². The highest BCUT2D eigenvalue weighted by atomic mass is 16.7. The van der Waals surface area contributed by atoms with Crippen molar-refractivity contribution >= 4 is 11.0 Å². The number of phenolic OH excluding ortho intramolecular Hbond substituents is 2. The summed E-state index contributed by atoms with van der Waals surface area (Å²) in [4.78, 5) is 13.6. The Labute approximate surface area is 231 Å². The molecule has 3 aromatic rings. The molecule has 3 heterocycles. The van der Waals surface area contributed by atoms with E-state index in [1.165, 1.54) is 38.1 Å². The fourth-order valence-corrected chi connectivity index (χ4v) is 4.66. The molecular formula is C27H30O14. The highest BCUT2D eigenvalue weighted by molar-refractivity contribution is 5.83. The first-order chi connectivity index (χ1) is 19.4. The second-order valence-corrected chi connectivity index (χ2v) is 10.0. The molecule has 0 radical (unpaired) electrons. The van der Waals surface area contributed by atoms with Crippen LogP contribution in [0, 0.1) is 0 Å². The van der Waals surface area contributed by atoms with Gasteiger partial charge in [0.25, 0.3) is 0 Å². The molecule has 1 aromatic heterocycles. The monoisotopic (exact) mass is 578 g/mol. The molecule has 0 unspecified atom stereocenters. The number of hydrogen-bond donors (Lipinski definition) is 8. The first kappa shape index (κ1) is 29.0. The Hall–Kier alpha value is -3.47. The van der Waals surface area contributed by atoms with Crippen LogP contribution in [0.5, 0.6) is 23.0 Å². The minimum Gasteiger partial charge on any atom is -0.504 e. The summed E-state index contributed by atoms with van der Waals surface area (Å²) in [5.74, 6) is -1.63. The largest absolute Gasteiger partial charge is 0.504 e. The van der Waals surface area contributed by atoms with Crippen molar-refractivity contribution in [3.63, 3.8) is 0 Å². The molecule has 0 saturated carbocycles. The SMILES string of the molecule is C[C@@H]1O[C@@H](Oc2ccc3c(=O)c(O[C@@H]4O[C@@H](C)[C@H](O)[C@@H](O)[C@H]4O)c(-c4ccc(O)c(O)c4)oc3c2)[C@H](O)[C@H](O)[C@H]1O. The van der Waals surface area contributed by atoms with Gasteiger partial charge in [-0.3, -0.25) is 4.79 Å². The molecule has 0 amide bonds. The Kier molecular flexibility index (Phi) is 7.84. The van der Waals surface area contributed by atoms with Crippen molar-refractivity contribution in [1.82, 2.24) is 0 Å². The summed E-state index contributed by atoms with van der Waals surface area (Å²) in [5.41, 5.74) is -0.711. The number of benzene rings is 2. The van der Waals surface area contributed by atoms with Crippen LogP contribution < -0.4 is 14.9 Å². The fourth-order valence-electron chi connectivity index (χ4n) is 4.66. The van der Waals surface area contributed by atoms with E-state index in [9.17, 15) is 45.6 Å². The first-order valence-corrected chi connectivity index (χ1v) is 12.7. The van der Waals surface area contributed by atoms with Crippen molar-refractivity contribution in [3.05, 3.63) is 46.6 Å². The molecule has 0 spiro atoms. The van der Waals surface area contributed by atoms with E-state index in [1.54, 1.807) is 0 Å². The molecule has 41 heavy (non-hydrogen) atoms. The van der Waals surface area contributed by atoms with Gasteiger partial charge >= 0.3 is 0 Å². The van der Waals surface area contributed by atoms with Gasteiger partial charge in [0.15, 0.2) is 17.3 Å². The summed E-state index contributed by atoms with van der Waals surface area (Å²) < 4.78 is 28.3. The van der Waals surface area contributed by atoms with E-state index in [0.717, 1.165) is 12.1 Å². The van der Waals surface area contributed by atoms with E-state index in [2.05, 4.69) is 0 Å². The van der Waals surface area contributed by atoms with Crippen molar-refractivity contribution in [1.29, 1.82) is 0 Å². The van der Waals surface area contributed by atoms with E-state index in [4.69, 9.17) is 23.4 Å². The molecule has 8 N–H and O–H groups in total. The van der Waals surface area contributed by atoms with Crippen LogP contribution in [-0.4, -0.2) is 102 Å². The summed E-state index contributed by atoms with van der Waals surface area (Å²) in [7, 11) is 0. The van der Waals surface area contributed by atoms with E-state index in [0.29, 0.717) is 0 Å². The van der Waals surface area contributed by atoms with Gasteiger partial charge in [-0.1, -0.05) is 0 Å². The van der Waals surface area contributed by atoms with E-state index in [-0.39, 0.29) is 28.0 Å². The molecule has 0 aliphatic carbocycles. The molecular weight excluding hydrogens is 548 g/mol. The first-order valence-electron chi connectivity index (χ1n) is 12.7. The fraction of sp³-hybridized carbons (Fsp3) is 0.444. The standard InChI is InChI=1S/C27H30O14/c1-9-17(30)20(33)22(35)26(37-9)39-12-4-5-13-16(8-12)40-24(11-3-6-14(28)15(29)7-11)25(19(13)32)41-27-23(36)21(34)18(31)10(2)38-27/h3-10,17-18,20-23,26-31,33-36H,1-2H3/t9-,10-,17-,18-,20+,21+,22+,23+,26-,27-/m0/s1. The van der Waals surface area contributed by atoms with Crippen LogP contribution in [0.25, 0.3) is 22.3 Å². The Morgan fingerprint density at radius 2 is 1.27 bits per heavy atom. The summed E-state index contributed by atoms with van der Waals surface area (Å²) in [6.45, 7) is 2.93. The van der Waals surface area contributed by atoms with E-state index < -0.39 is 84.1 Å². The number of hydrogen-bond acceptors (Lipinski definition) is 14. The molecule has 14 nitrogen and oxygen atoms in total. The molecule has 2 aliphatic heterocycles. The van der Waals surface area contributed by atoms with Crippen molar-refractivity contribution < 1.29 is 64.2 Å². The second kappa shape index (κ2) is 11.1. The number of fused-ring (bicyclic) bond motifs is 1. The maximum Gasteiger partial charge on any atom is 0.235 e. The lowest BCUT2D eigenvalue weighted by atomic mass is 10.00. The topological polar surface area (TPSA) is 229 Å². The second-order valence-electron chi connectivity index (χ2n) is 10.0. The average molecular weight is 579 g/mol. The number of phenols is 2. The lowest BCUT2D eigenvalue weighted by Crippen LogP contribution is -2.58. The van der Waals surface area contributed by atoms with Crippen molar-refractivity contribution in [2.45, 2.75) is 75.3 Å². The zero-order valence-corrected chi connectivity index (χ0v) is 21.8. The summed E-state index contributed by atoms with van der Waals surface area (Å²) >= 11 is 0. The van der Waals surface area contributed by atoms with Gasteiger partial charge in [0.1, 0.15) is 48.0 Å². The molecule has 2 aliphatic rings. The predicted molar refractivity (Wildman–Crippen MR) is 137 cm³/mol. The van der Waals surface area contributed by atoms with Crippen molar-refractivity contribution in [2.24, 2.45) is 0 Å². The lowest BCUT2D eigenvalue weighted by Gasteiger charge is -2.39. The molecule has 10 atom stereocenters.